The highest BCUT2D eigenvalue weighted by Gasteiger charge is 2.59. The number of phenolic OH excluding ortho intramolecular Hbond substituents is 1. The minimum Gasteiger partial charge on any atom is -0.508 e. The van der Waals surface area contributed by atoms with Crippen LogP contribution >= 0.6 is 0 Å². The summed E-state index contributed by atoms with van der Waals surface area (Å²) in [7, 11) is 0.0959. The Hall–Kier alpha value is -2.91. The van der Waals surface area contributed by atoms with Crippen molar-refractivity contribution in [3.63, 3.8) is 0 Å². The predicted octanol–water partition coefficient (Wildman–Crippen LogP) is 3.94. The smallest absolute Gasteiger partial charge is 0.455 e. The summed E-state index contributed by atoms with van der Waals surface area (Å²) in [6, 6.07) is 7.02. The first-order chi connectivity index (χ1) is 16.7. The standard InChI is InChI=1S/C26H32BNO7/c1-4-6-17-13-19-23(25(31)28(24(19)30)26(32)34-3)20-14-27(33)35-21(22(17)20)10-9-15(2)11-16-7-5-8-18(29)12-16/h5,7-8,11-12,19-21,23,29,33H,4,6,9-10,13-14H2,1-3H3/b15-11+/t19-,20+,21-,23-/m1/s1. The summed E-state index contributed by atoms with van der Waals surface area (Å²) in [5.41, 5.74) is 4.09. The molecule has 2 N–H and O–H groups in total. The number of carbonyl (C=O) groups is 3. The summed E-state index contributed by atoms with van der Waals surface area (Å²) < 4.78 is 10.7. The fraction of sp³-hybridized carbons (Fsp3) is 0.500. The maximum absolute atomic E-state index is 13.2. The van der Waals surface area contributed by atoms with Gasteiger partial charge >= 0.3 is 13.2 Å². The Morgan fingerprint density at radius 3 is 2.74 bits per heavy atom. The number of methoxy groups -OCH3 is 1. The first-order valence-electron chi connectivity index (χ1n) is 12.2. The Balaban J connectivity index is 1.61. The number of amides is 3. The van der Waals surface area contributed by atoms with Gasteiger partial charge in [0.15, 0.2) is 0 Å². The van der Waals surface area contributed by atoms with E-state index in [2.05, 4.69) is 6.92 Å². The summed E-state index contributed by atoms with van der Waals surface area (Å²) in [5, 5.41) is 20.3. The van der Waals surface area contributed by atoms with E-state index >= 15 is 0 Å². The number of rotatable bonds is 6. The van der Waals surface area contributed by atoms with Crippen LogP contribution in [-0.2, 0) is 19.0 Å². The molecule has 0 aromatic heterocycles. The average Bonchev–Trinajstić information content (AvgIpc) is 3.06. The maximum Gasteiger partial charge on any atom is 0.455 e. The lowest BCUT2D eigenvalue weighted by Crippen LogP contribution is -2.46. The molecule has 1 aromatic rings. The van der Waals surface area contributed by atoms with Crippen LogP contribution in [0.1, 0.15) is 51.5 Å². The van der Waals surface area contributed by atoms with Crippen LogP contribution in [0, 0.1) is 17.8 Å². The van der Waals surface area contributed by atoms with Crippen LogP contribution in [0.5, 0.6) is 5.75 Å². The van der Waals surface area contributed by atoms with Gasteiger partial charge in [0, 0.05) is 0 Å². The van der Waals surface area contributed by atoms with E-state index in [-0.39, 0.29) is 24.1 Å². The van der Waals surface area contributed by atoms with Crippen molar-refractivity contribution < 1.29 is 33.9 Å². The monoisotopic (exact) mass is 481 g/mol. The molecule has 4 atom stereocenters. The van der Waals surface area contributed by atoms with Crippen LogP contribution in [0.15, 0.2) is 41.0 Å². The van der Waals surface area contributed by atoms with Gasteiger partial charge in [-0.15, -0.1) is 0 Å². The van der Waals surface area contributed by atoms with Gasteiger partial charge < -0.3 is 19.5 Å². The molecule has 2 aliphatic heterocycles. The minimum absolute atomic E-state index is 0.205. The Labute approximate surface area is 205 Å². The summed E-state index contributed by atoms with van der Waals surface area (Å²) in [6.45, 7) is 4.07. The SMILES string of the molecule is CCCC1=C2[C@@H](CC/C(C)=C/c3cccc(O)c3)OB(O)C[C@@H]2[C@@H]2C(=O)N(C(=O)OC)C(=O)[C@@H]2C1. The second kappa shape index (κ2) is 10.4. The van der Waals surface area contributed by atoms with Crippen LogP contribution in [0.25, 0.3) is 6.08 Å². The van der Waals surface area contributed by atoms with E-state index < -0.39 is 36.9 Å². The minimum atomic E-state index is -1.05. The lowest BCUT2D eigenvalue weighted by Gasteiger charge is -2.43. The number of aromatic hydroxyl groups is 1. The number of phenols is 1. The van der Waals surface area contributed by atoms with E-state index in [1.165, 1.54) is 0 Å². The lowest BCUT2D eigenvalue weighted by atomic mass is 9.58. The molecule has 2 heterocycles. The van der Waals surface area contributed by atoms with Crippen molar-refractivity contribution in [2.24, 2.45) is 17.8 Å². The number of ether oxygens (including phenoxy) is 1. The molecule has 1 aromatic carbocycles. The second-order valence-corrected chi connectivity index (χ2v) is 9.67. The molecule has 0 unspecified atom stereocenters. The fourth-order valence-corrected chi connectivity index (χ4v) is 5.90. The van der Waals surface area contributed by atoms with Crippen molar-refractivity contribution in [3.8, 4) is 5.75 Å². The summed E-state index contributed by atoms with van der Waals surface area (Å²) in [6.07, 6.45) is 4.24. The first-order valence-corrected chi connectivity index (χ1v) is 12.2. The third-order valence-corrected chi connectivity index (χ3v) is 7.30. The molecule has 8 nitrogen and oxygen atoms in total. The molecular formula is C26H32BNO7. The number of benzene rings is 1. The zero-order valence-electron chi connectivity index (χ0n) is 20.4. The molecule has 0 bridgehead atoms. The van der Waals surface area contributed by atoms with E-state index in [1.807, 2.05) is 19.1 Å². The molecule has 3 aliphatic rings. The van der Waals surface area contributed by atoms with Crippen LogP contribution in [0.4, 0.5) is 4.79 Å². The van der Waals surface area contributed by atoms with Crippen LogP contribution < -0.4 is 0 Å². The molecule has 35 heavy (non-hydrogen) atoms. The molecule has 0 radical (unpaired) electrons. The lowest BCUT2D eigenvalue weighted by molar-refractivity contribution is -0.137. The average molecular weight is 481 g/mol. The van der Waals surface area contributed by atoms with E-state index in [0.29, 0.717) is 24.2 Å². The molecule has 0 saturated carbocycles. The third-order valence-electron chi connectivity index (χ3n) is 7.30. The number of hydrogen-bond donors (Lipinski definition) is 2. The van der Waals surface area contributed by atoms with Crippen LogP contribution in [0.2, 0.25) is 6.32 Å². The van der Waals surface area contributed by atoms with Crippen molar-refractivity contribution in [3.05, 3.63) is 46.5 Å². The third kappa shape index (κ3) is 4.93. The number of carbonyl (C=O) groups excluding carboxylic acids is 3. The van der Waals surface area contributed by atoms with Crippen molar-refractivity contribution >= 4 is 31.1 Å². The van der Waals surface area contributed by atoms with Gasteiger partial charge in [0.1, 0.15) is 5.75 Å². The molecule has 2 fully saturated rings. The molecule has 0 spiro atoms. The molecular weight excluding hydrogens is 449 g/mol. The molecule has 3 amide bonds. The molecule has 4 rings (SSSR count). The number of imide groups is 3. The highest BCUT2D eigenvalue weighted by molar-refractivity contribution is 6.43. The first kappa shape index (κ1) is 25.2. The quantitative estimate of drug-likeness (QED) is 0.360. The molecule has 1 aliphatic carbocycles. The van der Waals surface area contributed by atoms with Gasteiger partial charge in [0.25, 0.3) is 0 Å². The largest absolute Gasteiger partial charge is 0.508 e. The van der Waals surface area contributed by atoms with Gasteiger partial charge in [0.2, 0.25) is 11.8 Å². The number of hydrogen-bond acceptors (Lipinski definition) is 7. The second-order valence-electron chi connectivity index (χ2n) is 9.67. The highest BCUT2D eigenvalue weighted by atomic mass is 16.5. The van der Waals surface area contributed by atoms with E-state index in [9.17, 15) is 24.5 Å². The van der Waals surface area contributed by atoms with Crippen molar-refractivity contribution in [1.29, 1.82) is 0 Å². The Kier molecular flexibility index (Phi) is 7.47. The zero-order chi connectivity index (χ0) is 25.3. The summed E-state index contributed by atoms with van der Waals surface area (Å²) in [4.78, 5) is 39.0. The van der Waals surface area contributed by atoms with Crippen molar-refractivity contribution in [1.82, 2.24) is 4.90 Å². The Bertz CT molecular complexity index is 1080. The van der Waals surface area contributed by atoms with Gasteiger partial charge in [0.05, 0.1) is 25.0 Å². The van der Waals surface area contributed by atoms with Crippen molar-refractivity contribution in [2.45, 2.75) is 58.4 Å². The molecule has 186 valence electrons. The Morgan fingerprint density at radius 2 is 2.06 bits per heavy atom. The van der Waals surface area contributed by atoms with Gasteiger partial charge in [-0.25, -0.2) is 4.79 Å². The highest BCUT2D eigenvalue weighted by Crippen LogP contribution is 2.51. The predicted molar refractivity (Wildman–Crippen MR) is 130 cm³/mol. The van der Waals surface area contributed by atoms with Crippen LogP contribution in [-0.4, -0.2) is 53.3 Å². The number of nitrogens with zero attached hydrogens (tertiary/aromatic N) is 1. The Morgan fingerprint density at radius 1 is 1.29 bits per heavy atom. The van der Waals surface area contributed by atoms with Gasteiger partial charge in [-0.1, -0.05) is 42.7 Å². The number of likely N-dealkylation sites (tertiary alicyclic amines) is 1. The summed E-state index contributed by atoms with van der Waals surface area (Å²) >= 11 is 0. The number of fused-ring (bicyclic) bond motifs is 3. The molecule has 9 heteroatoms. The van der Waals surface area contributed by atoms with Gasteiger partial charge in [-0.3, -0.25) is 9.59 Å². The van der Waals surface area contributed by atoms with E-state index in [0.717, 1.165) is 42.2 Å². The topological polar surface area (TPSA) is 113 Å². The summed E-state index contributed by atoms with van der Waals surface area (Å²) in [5.74, 6) is -2.52. The van der Waals surface area contributed by atoms with Crippen LogP contribution in [0.3, 0.4) is 0 Å². The zero-order valence-corrected chi connectivity index (χ0v) is 20.4. The molecule has 2 saturated heterocycles. The normalized spacial score (nSPS) is 26.7. The fourth-order valence-electron chi connectivity index (χ4n) is 5.90. The van der Waals surface area contributed by atoms with Crippen molar-refractivity contribution in [2.75, 3.05) is 7.11 Å². The van der Waals surface area contributed by atoms with E-state index in [4.69, 9.17) is 9.39 Å². The maximum atomic E-state index is 13.2. The number of allylic oxidation sites excluding steroid dienone is 2. The van der Waals surface area contributed by atoms with Gasteiger partial charge in [-0.2, -0.15) is 4.90 Å². The van der Waals surface area contributed by atoms with E-state index in [1.54, 1.807) is 18.2 Å². The van der Waals surface area contributed by atoms with Gasteiger partial charge in [-0.05, 0) is 68.1 Å².